The molecule has 1 unspecified atom stereocenters. The number of nitrogens with two attached hydrogens (primary N) is 1. The van der Waals surface area contributed by atoms with Crippen LogP contribution < -0.4 is 5.73 Å². The minimum Gasteiger partial charge on any atom is -0.481 e. The van der Waals surface area contributed by atoms with Gasteiger partial charge in [-0.25, -0.2) is 0 Å². The number of carbonyl (C=O) groups is 1. The standard InChI is InChI=1S/C11H17NO2/c12-9-6-11(7-9,10(13)14)8-4-2-1-3-5-8/h1-2,8-9H,3-7,12H2,(H,13,14). The van der Waals surface area contributed by atoms with Crippen molar-refractivity contribution in [2.45, 2.75) is 38.1 Å². The molecule has 0 aromatic carbocycles. The fourth-order valence-electron chi connectivity index (χ4n) is 2.85. The normalized spacial score (nSPS) is 41.8. The lowest BCUT2D eigenvalue weighted by molar-refractivity contribution is -0.161. The van der Waals surface area contributed by atoms with Crippen LogP contribution in [0.2, 0.25) is 0 Å². The van der Waals surface area contributed by atoms with E-state index < -0.39 is 11.4 Å². The number of aliphatic carboxylic acids is 1. The largest absolute Gasteiger partial charge is 0.481 e. The molecule has 1 saturated carbocycles. The average molecular weight is 195 g/mol. The molecular formula is C11H17NO2. The van der Waals surface area contributed by atoms with Gasteiger partial charge in [0.15, 0.2) is 0 Å². The lowest BCUT2D eigenvalue weighted by atomic mass is 9.56. The molecule has 0 heterocycles. The first kappa shape index (κ1) is 9.71. The topological polar surface area (TPSA) is 63.3 Å². The van der Waals surface area contributed by atoms with Crippen molar-refractivity contribution in [2.24, 2.45) is 17.1 Å². The van der Waals surface area contributed by atoms with E-state index in [0.717, 1.165) is 19.3 Å². The van der Waals surface area contributed by atoms with Gasteiger partial charge in [-0.15, -0.1) is 0 Å². The van der Waals surface area contributed by atoms with Crippen molar-refractivity contribution in [3.63, 3.8) is 0 Å². The van der Waals surface area contributed by atoms with E-state index in [4.69, 9.17) is 5.73 Å². The number of hydrogen-bond acceptors (Lipinski definition) is 2. The molecule has 3 heteroatoms. The highest BCUT2D eigenvalue weighted by molar-refractivity contribution is 5.76. The van der Waals surface area contributed by atoms with Gasteiger partial charge in [0.2, 0.25) is 0 Å². The first-order valence-corrected chi connectivity index (χ1v) is 5.29. The molecule has 2 aliphatic carbocycles. The molecule has 3 N–H and O–H groups in total. The molecular weight excluding hydrogens is 178 g/mol. The van der Waals surface area contributed by atoms with Crippen molar-refractivity contribution in [2.75, 3.05) is 0 Å². The van der Waals surface area contributed by atoms with E-state index >= 15 is 0 Å². The second-order valence-corrected chi connectivity index (χ2v) is 4.61. The first-order chi connectivity index (χ1) is 6.65. The molecule has 0 spiro atoms. The molecule has 78 valence electrons. The predicted molar refractivity (Wildman–Crippen MR) is 53.8 cm³/mol. The van der Waals surface area contributed by atoms with Gasteiger partial charge in [-0.2, -0.15) is 0 Å². The Hall–Kier alpha value is -0.830. The highest BCUT2D eigenvalue weighted by Crippen LogP contribution is 2.50. The summed E-state index contributed by atoms with van der Waals surface area (Å²) in [4.78, 5) is 11.3. The van der Waals surface area contributed by atoms with Gasteiger partial charge >= 0.3 is 5.97 Å². The summed E-state index contributed by atoms with van der Waals surface area (Å²) in [5.74, 6) is -0.329. The van der Waals surface area contributed by atoms with Gasteiger partial charge in [0.1, 0.15) is 0 Å². The monoisotopic (exact) mass is 195 g/mol. The average Bonchev–Trinajstić information content (AvgIpc) is 2.13. The van der Waals surface area contributed by atoms with Crippen molar-refractivity contribution in [1.29, 1.82) is 0 Å². The summed E-state index contributed by atoms with van der Waals surface area (Å²) in [5.41, 5.74) is 5.22. The molecule has 1 fully saturated rings. The minimum absolute atomic E-state index is 0.108. The zero-order valence-corrected chi connectivity index (χ0v) is 8.28. The van der Waals surface area contributed by atoms with Gasteiger partial charge in [-0.3, -0.25) is 4.79 Å². The van der Waals surface area contributed by atoms with Crippen molar-refractivity contribution in [3.8, 4) is 0 Å². The Bertz CT molecular complexity index is 266. The highest BCUT2D eigenvalue weighted by Gasteiger charge is 2.53. The van der Waals surface area contributed by atoms with E-state index in [0.29, 0.717) is 18.8 Å². The second-order valence-electron chi connectivity index (χ2n) is 4.61. The molecule has 1 atom stereocenters. The Morgan fingerprint density at radius 1 is 1.43 bits per heavy atom. The summed E-state index contributed by atoms with van der Waals surface area (Å²) in [5, 5.41) is 9.27. The summed E-state index contributed by atoms with van der Waals surface area (Å²) in [6.07, 6.45) is 8.54. The maximum absolute atomic E-state index is 11.3. The fraction of sp³-hybridized carbons (Fsp3) is 0.727. The van der Waals surface area contributed by atoms with Crippen LogP contribution in [0.3, 0.4) is 0 Å². The van der Waals surface area contributed by atoms with E-state index in [1.54, 1.807) is 0 Å². The molecule has 14 heavy (non-hydrogen) atoms. The maximum atomic E-state index is 11.3. The quantitative estimate of drug-likeness (QED) is 0.657. The lowest BCUT2D eigenvalue weighted by Gasteiger charge is -2.48. The SMILES string of the molecule is NC1CC(C(=O)O)(C2CC=CCC2)C1. The van der Waals surface area contributed by atoms with Crippen LogP contribution in [0, 0.1) is 11.3 Å². The number of rotatable bonds is 2. The summed E-state index contributed by atoms with van der Waals surface area (Å²) < 4.78 is 0. The molecule has 0 aliphatic heterocycles. The van der Waals surface area contributed by atoms with Crippen LogP contribution in [-0.2, 0) is 4.79 Å². The highest BCUT2D eigenvalue weighted by atomic mass is 16.4. The van der Waals surface area contributed by atoms with Crippen LogP contribution in [0.25, 0.3) is 0 Å². The second kappa shape index (κ2) is 3.39. The van der Waals surface area contributed by atoms with Gasteiger partial charge in [-0.05, 0) is 38.0 Å². The minimum atomic E-state index is -0.639. The molecule has 0 amide bonds. The molecule has 0 aromatic heterocycles. The Morgan fingerprint density at radius 3 is 2.57 bits per heavy atom. The Balaban J connectivity index is 2.11. The van der Waals surface area contributed by atoms with Crippen LogP contribution in [0.5, 0.6) is 0 Å². The number of hydrogen-bond donors (Lipinski definition) is 2. The molecule has 0 bridgehead atoms. The Kier molecular flexibility index (Phi) is 2.35. The van der Waals surface area contributed by atoms with Crippen LogP contribution in [-0.4, -0.2) is 17.1 Å². The lowest BCUT2D eigenvalue weighted by Crippen LogP contribution is -2.55. The summed E-state index contributed by atoms with van der Waals surface area (Å²) in [7, 11) is 0. The van der Waals surface area contributed by atoms with Crippen LogP contribution in [0.1, 0.15) is 32.1 Å². The Labute approximate surface area is 84.0 Å². The zero-order chi connectivity index (χ0) is 10.2. The molecule has 2 rings (SSSR count). The third kappa shape index (κ3) is 1.36. The third-order valence-corrected chi connectivity index (χ3v) is 3.73. The number of carboxylic acids is 1. The van der Waals surface area contributed by atoms with Crippen LogP contribution in [0.15, 0.2) is 12.2 Å². The predicted octanol–water partition coefficient (Wildman–Crippen LogP) is 1.53. The van der Waals surface area contributed by atoms with Crippen molar-refractivity contribution < 1.29 is 9.90 Å². The molecule has 0 aromatic rings. The molecule has 0 radical (unpaired) electrons. The third-order valence-electron chi connectivity index (χ3n) is 3.73. The van der Waals surface area contributed by atoms with Gasteiger partial charge in [0.25, 0.3) is 0 Å². The maximum Gasteiger partial charge on any atom is 0.310 e. The fourth-order valence-corrected chi connectivity index (χ4v) is 2.85. The van der Waals surface area contributed by atoms with Gasteiger partial charge in [0.05, 0.1) is 5.41 Å². The van der Waals surface area contributed by atoms with E-state index in [2.05, 4.69) is 12.2 Å². The van der Waals surface area contributed by atoms with Crippen molar-refractivity contribution in [1.82, 2.24) is 0 Å². The zero-order valence-electron chi connectivity index (χ0n) is 8.28. The molecule has 3 nitrogen and oxygen atoms in total. The van der Waals surface area contributed by atoms with Crippen molar-refractivity contribution in [3.05, 3.63) is 12.2 Å². The molecule has 2 aliphatic rings. The van der Waals surface area contributed by atoms with E-state index in [9.17, 15) is 9.90 Å². The van der Waals surface area contributed by atoms with Crippen molar-refractivity contribution >= 4 is 5.97 Å². The first-order valence-electron chi connectivity index (χ1n) is 5.29. The van der Waals surface area contributed by atoms with E-state index in [1.807, 2.05) is 0 Å². The van der Waals surface area contributed by atoms with Gasteiger partial charge in [0, 0.05) is 6.04 Å². The summed E-state index contributed by atoms with van der Waals surface area (Å²) in [6, 6.07) is 0.108. The molecule has 0 saturated heterocycles. The van der Waals surface area contributed by atoms with E-state index in [-0.39, 0.29) is 6.04 Å². The van der Waals surface area contributed by atoms with Crippen LogP contribution in [0.4, 0.5) is 0 Å². The summed E-state index contributed by atoms with van der Waals surface area (Å²) >= 11 is 0. The number of carboxylic acid groups (broad SMARTS) is 1. The van der Waals surface area contributed by atoms with Gasteiger partial charge < -0.3 is 10.8 Å². The van der Waals surface area contributed by atoms with Gasteiger partial charge in [-0.1, -0.05) is 12.2 Å². The smallest absolute Gasteiger partial charge is 0.310 e. The summed E-state index contributed by atoms with van der Waals surface area (Å²) in [6.45, 7) is 0. The van der Waals surface area contributed by atoms with E-state index in [1.165, 1.54) is 0 Å². The Morgan fingerprint density at radius 2 is 2.14 bits per heavy atom. The van der Waals surface area contributed by atoms with Crippen LogP contribution >= 0.6 is 0 Å². The number of allylic oxidation sites excluding steroid dienone is 2.